The van der Waals surface area contributed by atoms with Crippen molar-refractivity contribution >= 4 is 5.91 Å². The fourth-order valence-electron chi connectivity index (χ4n) is 2.64. The predicted octanol–water partition coefficient (Wildman–Crippen LogP) is 1.82. The molecule has 0 aliphatic heterocycles. The van der Waals surface area contributed by atoms with Crippen LogP contribution in [0.2, 0.25) is 0 Å². The lowest BCUT2D eigenvalue weighted by Gasteiger charge is -2.34. The van der Waals surface area contributed by atoms with E-state index in [0.29, 0.717) is 24.7 Å². The van der Waals surface area contributed by atoms with E-state index < -0.39 is 0 Å². The molecule has 4 nitrogen and oxygen atoms in total. The molecular weight excluding hydrogens is 226 g/mol. The molecule has 0 saturated heterocycles. The zero-order valence-corrected chi connectivity index (χ0v) is 10.7. The molecule has 0 aromatic carbocycles. The summed E-state index contributed by atoms with van der Waals surface area (Å²) in [7, 11) is 0. The number of aromatic nitrogens is 1. The van der Waals surface area contributed by atoms with Crippen molar-refractivity contribution in [3.05, 3.63) is 30.1 Å². The van der Waals surface area contributed by atoms with Gasteiger partial charge in [-0.3, -0.25) is 9.78 Å². The number of hydrogen-bond donors (Lipinski definition) is 1. The Bertz CT molecular complexity index is 374. The first kappa shape index (κ1) is 13.0. The van der Waals surface area contributed by atoms with E-state index in [4.69, 9.17) is 5.73 Å². The average Bonchev–Trinajstić information content (AvgIpc) is 2.46. The lowest BCUT2D eigenvalue weighted by molar-refractivity contribution is 0.0641. The topological polar surface area (TPSA) is 59.2 Å². The van der Waals surface area contributed by atoms with Crippen LogP contribution in [0.25, 0.3) is 0 Å². The van der Waals surface area contributed by atoms with Gasteiger partial charge in [-0.25, -0.2) is 0 Å². The van der Waals surface area contributed by atoms with Crippen LogP contribution in [0.3, 0.4) is 0 Å². The van der Waals surface area contributed by atoms with E-state index in [1.165, 1.54) is 19.3 Å². The third kappa shape index (κ3) is 3.07. The van der Waals surface area contributed by atoms with Crippen molar-refractivity contribution in [2.45, 2.75) is 38.1 Å². The van der Waals surface area contributed by atoms with Crippen LogP contribution in [0.1, 0.15) is 42.5 Å². The van der Waals surface area contributed by atoms with E-state index in [1.807, 2.05) is 11.0 Å². The summed E-state index contributed by atoms with van der Waals surface area (Å²) in [5.41, 5.74) is 6.31. The maximum absolute atomic E-state index is 12.5. The van der Waals surface area contributed by atoms with Crippen LogP contribution < -0.4 is 5.73 Å². The molecule has 1 aromatic rings. The number of rotatable bonds is 4. The normalized spacial score (nSPS) is 16.5. The zero-order chi connectivity index (χ0) is 12.8. The van der Waals surface area contributed by atoms with Crippen molar-refractivity contribution in [3.63, 3.8) is 0 Å². The smallest absolute Gasteiger partial charge is 0.255 e. The summed E-state index contributed by atoms with van der Waals surface area (Å²) in [5.74, 6) is 0.0699. The number of hydrogen-bond acceptors (Lipinski definition) is 3. The molecule has 1 aliphatic carbocycles. The Morgan fingerprint density at radius 3 is 2.78 bits per heavy atom. The molecular formula is C14H21N3O. The first-order chi connectivity index (χ1) is 8.83. The van der Waals surface area contributed by atoms with Crippen LogP contribution in [0.15, 0.2) is 24.5 Å². The second kappa shape index (κ2) is 6.50. The van der Waals surface area contributed by atoms with Crippen LogP contribution in [0.4, 0.5) is 0 Å². The zero-order valence-electron chi connectivity index (χ0n) is 10.7. The monoisotopic (exact) mass is 247 g/mol. The highest BCUT2D eigenvalue weighted by Crippen LogP contribution is 2.23. The standard InChI is InChI=1S/C14H21N3O/c15-8-10-17(13-6-2-1-3-7-13)14(18)12-5-4-9-16-11-12/h4-5,9,11,13H,1-3,6-8,10,15H2. The molecule has 1 aliphatic rings. The molecule has 2 N–H and O–H groups in total. The third-order valence-electron chi connectivity index (χ3n) is 3.55. The molecule has 4 heteroatoms. The van der Waals surface area contributed by atoms with E-state index in [0.717, 1.165) is 12.8 Å². The minimum Gasteiger partial charge on any atom is -0.334 e. The van der Waals surface area contributed by atoms with Crippen molar-refractivity contribution in [3.8, 4) is 0 Å². The molecule has 1 amide bonds. The Morgan fingerprint density at radius 1 is 1.39 bits per heavy atom. The SMILES string of the molecule is NCCN(C(=O)c1cccnc1)C1CCCCC1. The number of pyridine rings is 1. The molecule has 1 saturated carbocycles. The highest BCUT2D eigenvalue weighted by molar-refractivity contribution is 5.94. The van der Waals surface area contributed by atoms with E-state index in [9.17, 15) is 4.79 Å². The second-order valence-corrected chi connectivity index (χ2v) is 4.82. The highest BCUT2D eigenvalue weighted by Gasteiger charge is 2.25. The van der Waals surface area contributed by atoms with Crippen LogP contribution in [0, 0.1) is 0 Å². The molecule has 1 aromatic heterocycles. The van der Waals surface area contributed by atoms with Gasteiger partial charge in [0.05, 0.1) is 5.56 Å². The van der Waals surface area contributed by atoms with Crippen molar-refractivity contribution < 1.29 is 4.79 Å². The van der Waals surface area contributed by atoms with Crippen molar-refractivity contribution in [2.75, 3.05) is 13.1 Å². The maximum atomic E-state index is 12.5. The van der Waals surface area contributed by atoms with Crippen LogP contribution >= 0.6 is 0 Å². The van der Waals surface area contributed by atoms with Gasteiger partial charge in [0.2, 0.25) is 0 Å². The summed E-state index contributed by atoms with van der Waals surface area (Å²) in [6.45, 7) is 1.15. The number of carbonyl (C=O) groups is 1. The largest absolute Gasteiger partial charge is 0.334 e. The quantitative estimate of drug-likeness (QED) is 0.882. The van der Waals surface area contributed by atoms with Gasteiger partial charge in [-0.1, -0.05) is 19.3 Å². The molecule has 18 heavy (non-hydrogen) atoms. The Morgan fingerprint density at radius 2 is 2.17 bits per heavy atom. The predicted molar refractivity (Wildman–Crippen MR) is 71.2 cm³/mol. The molecule has 0 radical (unpaired) electrons. The van der Waals surface area contributed by atoms with Gasteiger partial charge in [0.15, 0.2) is 0 Å². The number of carbonyl (C=O) groups excluding carboxylic acids is 1. The molecule has 1 heterocycles. The highest BCUT2D eigenvalue weighted by atomic mass is 16.2. The van der Waals surface area contributed by atoms with Gasteiger partial charge in [0.25, 0.3) is 5.91 Å². The first-order valence-electron chi connectivity index (χ1n) is 6.74. The summed E-state index contributed by atoms with van der Waals surface area (Å²) >= 11 is 0. The molecule has 0 bridgehead atoms. The Balaban J connectivity index is 2.11. The lowest BCUT2D eigenvalue weighted by Crippen LogP contribution is -2.44. The lowest BCUT2D eigenvalue weighted by atomic mass is 9.93. The summed E-state index contributed by atoms with van der Waals surface area (Å²) < 4.78 is 0. The fraction of sp³-hybridized carbons (Fsp3) is 0.571. The van der Waals surface area contributed by atoms with Crippen molar-refractivity contribution in [2.24, 2.45) is 5.73 Å². The van der Waals surface area contributed by atoms with Gasteiger partial charge in [-0.05, 0) is 25.0 Å². The minimum absolute atomic E-state index is 0.0699. The Kier molecular flexibility index (Phi) is 4.70. The molecule has 98 valence electrons. The van der Waals surface area contributed by atoms with Gasteiger partial charge in [-0.2, -0.15) is 0 Å². The fourth-order valence-corrected chi connectivity index (χ4v) is 2.64. The van der Waals surface area contributed by atoms with Crippen molar-refractivity contribution in [1.82, 2.24) is 9.88 Å². The summed E-state index contributed by atoms with van der Waals surface area (Å²) in [4.78, 5) is 18.4. The number of nitrogens with two attached hydrogens (primary N) is 1. The first-order valence-corrected chi connectivity index (χ1v) is 6.74. The number of nitrogens with zero attached hydrogens (tertiary/aromatic N) is 2. The van der Waals surface area contributed by atoms with Gasteiger partial charge >= 0.3 is 0 Å². The van der Waals surface area contributed by atoms with E-state index in [-0.39, 0.29) is 5.91 Å². The molecule has 2 rings (SSSR count). The average molecular weight is 247 g/mol. The van der Waals surface area contributed by atoms with Crippen molar-refractivity contribution in [1.29, 1.82) is 0 Å². The third-order valence-corrected chi connectivity index (χ3v) is 3.55. The summed E-state index contributed by atoms with van der Waals surface area (Å²) in [5, 5.41) is 0. The maximum Gasteiger partial charge on any atom is 0.255 e. The van der Waals surface area contributed by atoms with E-state index in [1.54, 1.807) is 18.5 Å². The summed E-state index contributed by atoms with van der Waals surface area (Å²) in [6.07, 6.45) is 9.24. The van der Waals surface area contributed by atoms with Gasteiger partial charge < -0.3 is 10.6 Å². The van der Waals surface area contributed by atoms with Crippen LogP contribution in [-0.2, 0) is 0 Å². The molecule has 0 atom stereocenters. The van der Waals surface area contributed by atoms with Gasteiger partial charge in [0, 0.05) is 31.5 Å². The molecule has 1 fully saturated rings. The van der Waals surface area contributed by atoms with E-state index in [2.05, 4.69) is 4.98 Å². The molecule has 0 spiro atoms. The summed E-state index contributed by atoms with van der Waals surface area (Å²) in [6, 6.07) is 3.98. The second-order valence-electron chi connectivity index (χ2n) is 4.82. The Hall–Kier alpha value is -1.42. The van der Waals surface area contributed by atoms with Gasteiger partial charge in [-0.15, -0.1) is 0 Å². The van der Waals surface area contributed by atoms with Crippen LogP contribution in [-0.4, -0.2) is 34.9 Å². The number of amides is 1. The van der Waals surface area contributed by atoms with E-state index >= 15 is 0 Å². The minimum atomic E-state index is 0.0699. The Labute approximate surface area is 108 Å². The molecule has 0 unspecified atom stereocenters. The van der Waals surface area contributed by atoms with Gasteiger partial charge in [0.1, 0.15) is 0 Å². The van der Waals surface area contributed by atoms with Crippen LogP contribution in [0.5, 0.6) is 0 Å².